The van der Waals surface area contributed by atoms with Crippen molar-refractivity contribution in [2.75, 3.05) is 14.2 Å². The van der Waals surface area contributed by atoms with Crippen LogP contribution < -0.4 is 5.32 Å². The Balaban J connectivity index is 1.88. The van der Waals surface area contributed by atoms with Crippen LogP contribution in [0.25, 0.3) is 0 Å². The van der Waals surface area contributed by atoms with Crippen LogP contribution in [0.4, 0.5) is 4.79 Å². The molecule has 2 amide bonds. The number of hydrogen-bond donors (Lipinski definition) is 1. The normalized spacial score (nSPS) is 12.0. The van der Waals surface area contributed by atoms with Gasteiger partial charge in [0.05, 0.1) is 12.6 Å². The Kier molecular flexibility index (Phi) is 5.48. The topological polar surface area (TPSA) is 80.5 Å². The predicted octanol–water partition coefficient (Wildman–Crippen LogP) is 2.12. The van der Waals surface area contributed by atoms with Gasteiger partial charge in [-0.2, -0.15) is 4.98 Å². The number of methoxy groups -OCH3 is 1. The predicted molar refractivity (Wildman–Crippen MR) is 79.9 cm³/mol. The van der Waals surface area contributed by atoms with E-state index in [0.29, 0.717) is 11.7 Å². The van der Waals surface area contributed by atoms with Gasteiger partial charge in [-0.05, 0) is 12.5 Å². The van der Waals surface area contributed by atoms with Crippen LogP contribution >= 0.6 is 0 Å². The van der Waals surface area contributed by atoms with Crippen molar-refractivity contribution >= 4 is 6.03 Å². The largest absolute Gasteiger partial charge is 0.377 e. The third-order valence-electron chi connectivity index (χ3n) is 3.36. The summed E-state index contributed by atoms with van der Waals surface area (Å²) in [7, 11) is 3.30. The molecule has 0 unspecified atom stereocenters. The van der Waals surface area contributed by atoms with Gasteiger partial charge in [0.2, 0.25) is 5.89 Å². The number of rotatable bonds is 6. The maximum atomic E-state index is 12.2. The van der Waals surface area contributed by atoms with Gasteiger partial charge in [0.15, 0.2) is 5.82 Å². The third kappa shape index (κ3) is 4.05. The van der Waals surface area contributed by atoms with E-state index in [-0.39, 0.29) is 25.2 Å². The molecule has 0 bridgehead atoms. The van der Waals surface area contributed by atoms with Crippen molar-refractivity contribution in [2.45, 2.75) is 26.1 Å². The molecule has 1 aromatic carbocycles. The minimum absolute atomic E-state index is 0.0343. The van der Waals surface area contributed by atoms with Crippen LogP contribution in [0.1, 0.15) is 30.2 Å². The zero-order chi connectivity index (χ0) is 15.9. The molecule has 0 saturated heterocycles. The molecule has 7 heteroatoms. The lowest BCUT2D eigenvalue weighted by Gasteiger charge is -2.25. The molecule has 118 valence electrons. The van der Waals surface area contributed by atoms with Gasteiger partial charge in [0.25, 0.3) is 0 Å². The van der Waals surface area contributed by atoms with E-state index in [1.165, 1.54) is 0 Å². The highest BCUT2D eigenvalue weighted by atomic mass is 16.5. The summed E-state index contributed by atoms with van der Waals surface area (Å²) < 4.78 is 9.92. The van der Waals surface area contributed by atoms with Gasteiger partial charge in [-0.25, -0.2) is 4.79 Å². The smallest absolute Gasteiger partial charge is 0.318 e. The Hall–Kier alpha value is -2.41. The molecule has 0 aliphatic carbocycles. The molecule has 0 spiro atoms. The highest BCUT2D eigenvalue weighted by molar-refractivity contribution is 5.74. The van der Waals surface area contributed by atoms with Crippen LogP contribution in [-0.4, -0.2) is 35.2 Å². The quantitative estimate of drug-likeness (QED) is 0.884. The first-order valence-corrected chi connectivity index (χ1v) is 6.97. The summed E-state index contributed by atoms with van der Waals surface area (Å²) >= 11 is 0. The SMILES string of the molecule is COCc1noc(CNC(=O)N(C)[C@@H](C)c2ccccc2)n1. The van der Waals surface area contributed by atoms with Gasteiger partial charge < -0.3 is 19.5 Å². The number of urea groups is 1. The van der Waals surface area contributed by atoms with E-state index >= 15 is 0 Å². The standard InChI is InChI=1S/C15H20N4O3/c1-11(12-7-5-4-6-8-12)19(2)15(20)16-9-14-17-13(10-21-3)18-22-14/h4-8,11H,9-10H2,1-3H3,(H,16,20)/t11-/m0/s1. The van der Waals surface area contributed by atoms with Gasteiger partial charge >= 0.3 is 6.03 Å². The van der Waals surface area contributed by atoms with Crippen molar-refractivity contribution in [3.05, 3.63) is 47.6 Å². The number of nitrogens with zero attached hydrogens (tertiary/aromatic N) is 3. The van der Waals surface area contributed by atoms with Crippen LogP contribution in [0.3, 0.4) is 0 Å². The number of hydrogen-bond acceptors (Lipinski definition) is 5. The number of aromatic nitrogens is 2. The molecule has 1 atom stereocenters. The Morgan fingerprint density at radius 3 is 2.82 bits per heavy atom. The first-order chi connectivity index (χ1) is 10.6. The van der Waals surface area contributed by atoms with Crippen LogP contribution in [0.5, 0.6) is 0 Å². The molecular weight excluding hydrogens is 284 g/mol. The van der Waals surface area contributed by atoms with Gasteiger partial charge in [-0.15, -0.1) is 0 Å². The number of ether oxygens (including phenoxy) is 1. The number of benzene rings is 1. The lowest BCUT2D eigenvalue weighted by molar-refractivity contribution is 0.174. The lowest BCUT2D eigenvalue weighted by atomic mass is 10.1. The van der Waals surface area contributed by atoms with Crippen molar-refractivity contribution in [3.63, 3.8) is 0 Å². The molecule has 2 rings (SSSR count). The van der Waals surface area contributed by atoms with Crippen LogP contribution in [0.2, 0.25) is 0 Å². The zero-order valence-electron chi connectivity index (χ0n) is 12.9. The maximum absolute atomic E-state index is 12.2. The summed E-state index contributed by atoms with van der Waals surface area (Å²) in [4.78, 5) is 17.9. The van der Waals surface area contributed by atoms with E-state index in [1.807, 2.05) is 37.3 Å². The minimum Gasteiger partial charge on any atom is -0.377 e. The summed E-state index contributed by atoms with van der Waals surface area (Å²) in [6.07, 6.45) is 0. The van der Waals surface area contributed by atoms with Gasteiger partial charge in [0.1, 0.15) is 6.61 Å². The van der Waals surface area contributed by atoms with Crippen molar-refractivity contribution in [2.24, 2.45) is 0 Å². The molecule has 1 aromatic heterocycles. The number of amides is 2. The molecular formula is C15H20N4O3. The Morgan fingerprint density at radius 2 is 2.14 bits per heavy atom. The van der Waals surface area contributed by atoms with E-state index in [9.17, 15) is 4.79 Å². The second kappa shape index (κ2) is 7.56. The monoisotopic (exact) mass is 304 g/mol. The highest BCUT2D eigenvalue weighted by Gasteiger charge is 2.17. The number of carbonyl (C=O) groups excluding carboxylic acids is 1. The average molecular weight is 304 g/mol. The van der Waals surface area contributed by atoms with E-state index < -0.39 is 0 Å². The van der Waals surface area contributed by atoms with Crippen molar-refractivity contribution in [1.82, 2.24) is 20.4 Å². The van der Waals surface area contributed by atoms with Crippen molar-refractivity contribution < 1.29 is 14.1 Å². The van der Waals surface area contributed by atoms with E-state index in [4.69, 9.17) is 9.26 Å². The molecule has 0 fully saturated rings. The second-order valence-corrected chi connectivity index (χ2v) is 4.89. The fourth-order valence-electron chi connectivity index (χ4n) is 1.96. The molecule has 7 nitrogen and oxygen atoms in total. The summed E-state index contributed by atoms with van der Waals surface area (Å²) in [5.41, 5.74) is 1.07. The van der Waals surface area contributed by atoms with Gasteiger partial charge in [-0.1, -0.05) is 35.5 Å². The Labute approximate surface area is 129 Å². The molecule has 0 aliphatic rings. The zero-order valence-corrected chi connectivity index (χ0v) is 12.9. The Bertz CT molecular complexity index is 600. The minimum atomic E-state index is -0.206. The van der Waals surface area contributed by atoms with Crippen molar-refractivity contribution in [1.29, 1.82) is 0 Å². The highest BCUT2D eigenvalue weighted by Crippen LogP contribution is 2.17. The maximum Gasteiger partial charge on any atom is 0.318 e. The van der Waals surface area contributed by atoms with Crippen molar-refractivity contribution in [3.8, 4) is 0 Å². The molecule has 2 aromatic rings. The van der Waals surface area contributed by atoms with Crippen LogP contribution in [0.15, 0.2) is 34.9 Å². The van der Waals surface area contributed by atoms with E-state index in [2.05, 4.69) is 15.5 Å². The molecule has 22 heavy (non-hydrogen) atoms. The molecule has 0 radical (unpaired) electrons. The summed E-state index contributed by atoms with van der Waals surface area (Å²) in [6.45, 7) is 2.43. The number of nitrogens with one attached hydrogen (secondary N) is 1. The first kappa shape index (κ1) is 16.0. The average Bonchev–Trinajstić information content (AvgIpc) is 3.00. The second-order valence-electron chi connectivity index (χ2n) is 4.89. The summed E-state index contributed by atoms with van der Waals surface area (Å²) in [5, 5.41) is 6.49. The number of carbonyl (C=O) groups is 1. The summed E-state index contributed by atoms with van der Waals surface area (Å²) in [5.74, 6) is 0.805. The molecule has 1 N–H and O–H groups in total. The lowest BCUT2D eigenvalue weighted by Crippen LogP contribution is -2.38. The molecule has 0 aliphatic heterocycles. The molecule has 0 saturated carbocycles. The van der Waals surface area contributed by atoms with E-state index in [1.54, 1.807) is 19.1 Å². The first-order valence-electron chi connectivity index (χ1n) is 6.97. The van der Waals surface area contributed by atoms with Crippen LogP contribution in [0, 0.1) is 0 Å². The molecule has 1 heterocycles. The van der Waals surface area contributed by atoms with E-state index in [0.717, 1.165) is 5.56 Å². The Morgan fingerprint density at radius 1 is 1.41 bits per heavy atom. The fraction of sp³-hybridized carbons (Fsp3) is 0.400. The van der Waals surface area contributed by atoms with Crippen LogP contribution in [-0.2, 0) is 17.9 Å². The fourth-order valence-corrected chi connectivity index (χ4v) is 1.96. The van der Waals surface area contributed by atoms with Gasteiger partial charge in [-0.3, -0.25) is 0 Å². The summed E-state index contributed by atoms with van der Waals surface area (Å²) in [6, 6.07) is 9.59. The van der Waals surface area contributed by atoms with Gasteiger partial charge in [0, 0.05) is 14.2 Å². The third-order valence-corrected chi connectivity index (χ3v) is 3.36.